The van der Waals surface area contributed by atoms with E-state index in [1.54, 1.807) is 0 Å². The standard InChI is InChI=1S/C6H11NO.ClHO4/c1-5-7-6(2,3)4-8-5;2-1(3,4)5/h4H2,1-3H3;(H,2,3,4,5). The summed E-state index contributed by atoms with van der Waals surface area (Å²) in [5, 5.41) is 0. The molecule has 0 aromatic heterocycles. The molecule has 0 amide bonds. The van der Waals surface area contributed by atoms with Gasteiger partial charge in [0.2, 0.25) is 0 Å². The van der Waals surface area contributed by atoms with Gasteiger partial charge in [-0.2, -0.15) is 14.0 Å². The van der Waals surface area contributed by atoms with Gasteiger partial charge >= 0.3 is 0 Å². The Bertz CT molecular complexity index is 192. The highest BCUT2D eigenvalue weighted by molar-refractivity contribution is 5.75. The fourth-order valence-corrected chi connectivity index (χ4v) is 0.772. The molecule has 0 bridgehead atoms. The first-order valence-electron chi connectivity index (χ1n) is 3.43. The van der Waals surface area contributed by atoms with E-state index in [0.717, 1.165) is 12.5 Å². The van der Waals surface area contributed by atoms with Crippen LogP contribution >= 0.6 is 0 Å². The molecule has 0 unspecified atom stereocenters. The van der Waals surface area contributed by atoms with Crippen molar-refractivity contribution in [3.8, 4) is 0 Å². The van der Waals surface area contributed by atoms with Crippen molar-refractivity contribution in [2.75, 3.05) is 6.61 Å². The molecule has 78 valence electrons. The molecule has 0 fully saturated rings. The van der Waals surface area contributed by atoms with Gasteiger partial charge in [0, 0.05) is 6.92 Å². The van der Waals surface area contributed by atoms with Crippen LogP contribution in [0.5, 0.6) is 0 Å². The van der Waals surface area contributed by atoms with E-state index in [1.807, 2.05) is 6.92 Å². The largest absolute Gasteiger partial charge is 0.479 e. The Hall–Kier alpha value is -0.400. The topological polar surface area (TPSA) is 111 Å². The Kier molecular flexibility index (Phi) is 4.08. The summed E-state index contributed by atoms with van der Waals surface area (Å²) in [7, 11) is -4.69. The molecule has 0 aromatic carbocycles. The van der Waals surface area contributed by atoms with Crippen LogP contribution in [-0.4, -0.2) is 22.7 Å². The molecule has 0 aromatic rings. The molecular weight excluding hydrogens is 202 g/mol. The van der Waals surface area contributed by atoms with Crippen LogP contribution < -0.4 is 14.0 Å². The molecule has 0 saturated carbocycles. The van der Waals surface area contributed by atoms with E-state index < -0.39 is 10.2 Å². The second-order valence-electron chi connectivity index (χ2n) is 3.13. The molecule has 0 aliphatic carbocycles. The summed E-state index contributed by atoms with van der Waals surface area (Å²) in [5.41, 5.74) is 0.0318. The van der Waals surface area contributed by atoms with Crippen LogP contribution in [-0.2, 0) is 4.74 Å². The molecule has 1 N–H and O–H groups in total. The number of halogens is 1. The number of aliphatic imine (C=N–C) groups is 1. The van der Waals surface area contributed by atoms with Gasteiger partial charge in [0.15, 0.2) is 5.90 Å². The molecule has 6 nitrogen and oxygen atoms in total. The molecule has 13 heavy (non-hydrogen) atoms. The van der Waals surface area contributed by atoms with E-state index in [-0.39, 0.29) is 5.54 Å². The molecule has 1 aliphatic heterocycles. The van der Waals surface area contributed by atoms with Crippen molar-refractivity contribution in [2.24, 2.45) is 4.99 Å². The van der Waals surface area contributed by atoms with Crippen LogP contribution in [0.1, 0.15) is 20.8 Å². The Morgan fingerprint density at radius 1 is 1.46 bits per heavy atom. The maximum absolute atomic E-state index is 8.60. The lowest BCUT2D eigenvalue weighted by molar-refractivity contribution is -1.92. The average Bonchev–Trinajstić information content (AvgIpc) is 2.04. The van der Waals surface area contributed by atoms with Gasteiger partial charge in [-0.05, 0) is 13.8 Å². The van der Waals surface area contributed by atoms with Crippen molar-refractivity contribution in [1.82, 2.24) is 0 Å². The number of ether oxygens (including phenoxy) is 1. The van der Waals surface area contributed by atoms with Gasteiger partial charge in [-0.25, -0.2) is 4.99 Å². The Morgan fingerprint density at radius 2 is 1.85 bits per heavy atom. The van der Waals surface area contributed by atoms with E-state index in [0.29, 0.717) is 0 Å². The quantitative estimate of drug-likeness (QED) is 0.464. The summed E-state index contributed by atoms with van der Waals surface area (Å²) >= 11 is 0. The lowest BCUT2D eigenvalue weighted by Crippen LogP contribution is -2.58. The summed E-state index contributed by atoms with van der Waals surface area (Å²) in [4.78, 5) is 4.22. The fraction of sp³-hybridized carbons (Fsp3) is 0.833. The number of rotatable bonds is 0. The van der Waals surface area contributed by atoms with E-state index in [9.17, 15) is 0 Å². The third kappa shape index (κ3) is 9.51. The van der Waals surface area contributed by atoms with Crippen LogP contribution in [0.2, 0.25) is 0 Å². The molecule has 0 spiro atoms. The molecule has 1 aliphatic rings. The minimum Gasteiger partial charge on any atom is -0.479 e. The molecule has 7 heteroatoms. The monoisotopic (exact) mass is 213 g/mol. The zero-order chi connectivity index (χ0) is 10.7. The number of nitrogens with zero attached hydrogens (tertiary/aromatic N) is 1. The maximum atomic E-state index is 8.60. The van der Waals surface area contributed by atoms with Gasteiger partial charge in [-0.1, -0.05) is 0 Å². The molecule has 0 radical (unpaired) electrons. The Balaban J connectivity index is 0.000000252. The van der Waals surface area contributed by atoms with E-state index >= 15 is 0 Å². The summed E-state index contributed by atoms with van der Waals surface area (Å²) in [6.45, 7) is 6.74. The van der Waals surface area contributed by atoms with Gasteiger partial charge in [-0.3, -0.25) is 0 Å². The predicted octanol–water partition coefficient (Wildman–Crippen LogP) is -2.91. The van der Waals surface area contributed by atoms with Crippen LogP contribution in [0.25, 0.3) is 0 Å². The predicted molar refractivity (Wildman–Crippen MR) is 35.4 cm³/mol. The molecule has 1 rings (SSSR count). The minimum atomic E-state index is -4.69. The Labute approximate surface area is 78.2 Å². The zero-order valence-electron chi connectivity index (χ0n) is 7.61. The SMILES string of the molecule is CC1=NC(C)(C)CO1.[O-][Cl+3]([O-])([O-])O. The summed E-state index contributed by atoms with van der Waals surface area (Å²) in [6, 6.07) is 0. The summed E-state index contributed by atoms with van der Waals surface area (Å²) < 4.78 is 37.8. The zero-order valence-corrected chi connectivity index (χ0v) is 8.37. The fourth-order valence-electron chi connectivity index (χ4n) is 0.772. The van der Waals surface area contributed by atoms with E-state index in [2.05, 4.69) is 18.8 Å². The molecule has 1 heterocycles. The van der Waals surface area contributed by atoms with Crippen LogP contribution in [0.4, 0.5) is 0 Å². The molecule has 0 saturated heterocycles. The smallest absolute Gasteiger partial charge is 0.180 e. The minimum absolute atomic E-state index is 0.0318. The van der Waals surface area contributed by atoms with Gasteiger partial charge in [0.1, 0.15) is 6.61 Å². The highest BCUT2D eigenvalue weighted by Gasteiger charge is 2.23. The van der Waals surface area contributed by atoms with Crippen LogP contribution in [0.3, 0.4) is 0 Å². The average molecular weight is 214 g/mol. The number of hydrogen-bond acceptors (Lipinski definition) is 6. The summed E-state index contributed by atoms with van der Waals surface area (Å²) in [6.07, 6.45) is 0. The van der Waals surface area contributed by atoms with E-state index in [4.69, 9.17) is 23.4 Å². The highest BCUT2D eigenvalue weighted by Crippen LogP contribution is 2.15. The van der Waals surface area contributed by atoms with Crippen molar-refractivity contribution in [2.45, 2.75) is 26.3 Å². The van der Waals surface area contributed by atoms with Gasteiger partial charge in [0.25, 0.3) is 0 Å². The third-order valence-corrected chi connectivity index (χ3v) is 1.09. The van der Waals surface area contributed by atoms with Crippen molar-refractivity contribution < 1.29 is 33.6 Å². The first kappa shape index (κ1) is 12.6. The normalized spacial score (nSPS) is 19.8. The van der Waals surface area contributed by atoms with E-state index in [1.165, 1.54) is 0 Å². The van der Waals surface area contributed by atoms with Gasteiger partial charge < -0.3 is 4.74 Å². The highest BCUT2D eigenvalue weighted by atomic mass is 35.7. The van der Waals surface area contributed by atoms with Gasteiger partial charge in [-0.15, -0.1) is 0 Å². The second kappa shape index (κ2) is 4.21. The van der Waals surface area contributed by atoms with Gasteiger partial charge in [0.05, 0.1) is 20.4 Å². The molecular formula is C6H12ClNO5. The lowest BCUT2D eigenvalue weighted by atomic mass is 10.1. The third-order valence-electron chi connectivity index (χ3n) is 1.09. The first-order chi connectivity index (χ1) is 5.60. The molecule has 0 atom stereocenters. The van der Waals surface area contributed by atoms with Crippen molar-refractivity contribution in [3.05, 3.63) is 0 Å². The number of hydrogen-bond donors (Lipinski definition) is 1. The van der Waals surface area contributed by atoms with Crippen molar-refractivity contribution in [3.63, 3.8) is 0 Å². The van der Waals surface area contributed by atoms with Crippen LogP contribution in [0.15, 0.2) is 4.99 Å². The maximum Gasteiger partial charge on any atom is 0.180 e. The van der Waals surface area contributed by atoms with Crippen molar-refractivity contribution >= 4 is 5.90 Å². The lowest BCUT2D eigenvalue weighted by Gasteiger charge is -2.07. The first-order valence-corrected chi connectivity index (χ1v) is 4.69. The van der Waals surface area contributed by atoms with Crippen LogP contribution in [0, 0.1) is 10.2 Å². The second-order valence-corrected chi connectivity index (χ2v) is 3.92. The summed E-state index contributed by atoms with van der Waals surface area (Å²) in [5.74, 6) is 0.815. The Morgan fingerprint density at radius 3 is 1.92 bits per heavy atom. The van der Waals surface area contributed by atoms with Crippen molar-refractivity contribution in [1.29, 1.82) is 0 Å².